The summed E-state index contributed by atoms with van der Waals surface area (Å²) in [5.41, 5.74) is -0.392. The molecule has 8 heavy (non-hydrogen) atoms. The standard InChI is InChI=1S/C5H9NO2/c1-5(2)3(7)4(8)6-5/h3,7H,1-2H3,(H,6,8). The van der Waals surface area contributed by atoms with Gasteiger partial charge in [-0.1, -0.05) is 0 Å². The Morgan fingerprint density at radius 2 is 2.25 bits per heavy atom. The van der Waals surface area contributed by atoms with Crippen molar-refractivity contribution in [1.82, 2.24) is 5.32 Å². The second kappa shape index (κ2) is 1.23. The van der Waals surface area contributed by atoms with Crippen LogP contribution < -0.4 is 5.32 Å². The smallest absolute Gasteiger partial charge is 0.251 e. The summed E-state index contributed by atoms with van der Waals surface area (Å²) in [6.45, 7) is 3.55. The summed E-state index contributed by atoms with van der Waals surface area (Å²) in [5, 5.41) is 11.4. The molecule has 2 N–H and O–H groups in total. The maximum atomic E-state index is 10.3. The summed E-state index contributed by atoms with van der Waals surface area (Å²) in [4.78, 5) is 10.3. The van der Waals surface area contributed by atoms with Crippen molar-refractivity contribution >= 4 is 5.91 Å². The van der Waals surface area contributed by atoms with Gasteiger partial charge < -0.3 is 10.4 Å². The molecular formula is C5H9NO2. The van der Waals surface area contributed by atoms with E-state index in [0.29, 0.717) is 0 Å². The number of carbonyl (C=O) groups is 1. The largest absolute Gasteiger partial charge is 0.381 e. The third-order valence-corrected chi connectivity index (χ3v) is 1.38. The average molecular weight is 115 g/mol. The predicted molar refractivity (Wildman–Crippen MR) is 28.2 cm³/mol. The molecule has 0 aromatic rings. The molecule has 1 rings (SSSR count). The van der Waals surface area contributed by atoms with Gasteiger partial charge in [-0.3, -0.25) is 4.79 Å². The Bertz CT molecular complexity index is 130. The number of hydrogen-bond acceptors (Lipinski definition) is 2. The molecule has 46 valence electrons. The number of β-lactam (4-membered cyclic amide) rings is 1. The van der Waals surface area contributed by atoms with Gasteiger partial charge in [-0.25, -0.2) is 0 Å². The van der Waals surface area contributed by atoms with Gasteiger partial charge in [0.2, 0.25) is 0 Å². The van der Waals surface area contributed by atoms with Crippen LogP contribution in [0.4, 0.5) is 0 Å². The van der Waals surface area contributed by atoms with Gasteiger partial charge in [0.25, 0.3) is 5.91 Å². The number of carbonyl (C=O) groups excluding carboxylic acids is 1. The van der Waals surface area contributed by atoms with Crippen molar-refractivity contribution in [3.8, 4) is 0 Å². The zero-order valence-electron chi connectivity index (χ0n) is 4.93. The van der Waals surface area contributed by atoms with Gasteiger partial charge in [-0.15, -0.1) is 0 Å². The quantitative estimate of drug-likeness (QED) is 0.408. The first-order valence-electron chi connectivity index (χ1n) is 2.54. The van der Waals surface area contributed by atoms with Crippen LogP contribution in [0.25, 0.3) is 0 Å². The molecule has 1 atom stereocenters. The van der Waals surface area contributed by atoms with E-state index in [-0.39, 0.29) is 5.91 Å². The molecule has 1 amide bonds. The molecule has 0 bridgehead atoms. The Labute approximate surface area is 47.7 Å². The topological polar surface area (TPSA) is 49.3 Å². The highest BCUT2D eigenvalue weighted by Crippen LogP contribution is 2.17. The van der Waals surface area contributed by atoms with Crippen molar-refractivity contribution < 1.29 is 9.90 Å². The number of hydrogen-bond donors (Lipinski definition) is 2. The van der Waals surface area contributed by atoms with Crippen LogP contribution >= 0.6 is 0 Å². The van der Waals surface area contributed by atoms with Gasteiger partial charge in [0.15, 0.2) is 6.10 Å². The fourth-order valence-corrected chi connectivity index (χ4v) is 0.704. The molecule has 0 radical (unpaired) electrons. The van der Waals surface area contributed by atoms with E-state index < -0.39 is 11.6 Å². The molecule has 1 saturated heterocycles. The van der Waals surface area contributed by atoms with E-state index in [4.69, 9.17) is 5.11 Å². The first kappa shape index (κ1) is 5.56. The molecule has 3 heteroatoms. The third kappa shape index (κ3) is 0.512. The fraction of sp³-hybridized carbons (Fsp3) is 0.800. The SMILES string of the molecule is CC1(C)NC(=O)C1O. The van der Waals surface area contributed by atoms with Gasteiger partial charge >= 0.3 is 0 Å². The molecule has 1 aliphatic heterocycles. The molecule has 0 aromatic carbocycles. The summed E-state index contributed by atoms with van der Waals surface area (Å²) in [6, 6.07) is 0. The lowest BCUT2D eigenvalue weighted by molar-refractivity contribution is -0.148. The van der Waals surface area contributed by atoms with Crippen LogP contribution in [-0.4, -0.2) is 22.7 Å². The van der Waals surface area contributed by atoms with Crippen molar-refractivity contribution in [3.05, 3.63) is 0 Å². The molecule has 0 spiro atoms. The summed E-state index contributed by atoms with van der Waals surface area (Å²) >= 11 is 0. The maximum absolute atomic E-state index is 10.3. The minimum absolute atomic E-state index is 0.269. The van der Waals surface area contributed by atoms with Crippen molar-refractivity contribution in [3.63, 3.8) is 0 Å². The van der Waals surface area contributed by atoms with Crippen LogP contribution in [0, 0.1) is 0 Å². The van der Waals surface area contributed by atoms with Crippen LogP contribution in [0.5, 0.6) is 0 Å². The van der Waals surface area contributed by atoms with E-state index in [0.717, 1.165) is 0 Å². The monoisotopic (exact) mass is 115 g/mol. The Morgan fingerprint density at radius 3 is 2.25 bits per heavy atom. The highest BCUT2D eigenvalue weighted by Gasteiger charge is 2.44. The fourth-order valence-electron chi connectivity index (χ4n) is 0.704. The lowest BCUT2D eigenvalue weighted by Crippen LogP contribution is -2.69. The molecule has 3 nitrogen and oxygen atoms in total. The maximum Gasteiger partial charge on any atom is 0.251 e. The van der Waals surface area contributed by atoms with Crippen LogP contribution in [-0.2, 0) is 4.79 Å². The third-order valence-electron chi connectivity index (χ3n) is 1.38. The summed E-state index contributed by atoms with van der Waals surface area (Å²) < 4.78 is 0. The van der Waals surface area contributed by atoms with Crippen molar-refractivity contribution in [2.75, 3.05) is 0 Å². The minimum atomic E-state index is -0.803. The first-order valence-corrected chi connectivity index (χ1v) is 2.54. The molecular weight excluding hydrogens is 106 g/mol. The van der Waals surface area contributed by atoms with E-state index >= 15 is 0 Å². The number of amides is 1. The molecule has 1 aliphatic rings. The Hall–Kier alpha value is -0.570. The number of rotatable bonds is 0. The van der Waals surface area contributed by atoms with Gasteiger partial charge in [-0.2, -0.15) is 0 Å². The lowest BCUT2D eigenvalue weighted by atomic mass is 9.88. The van der Waals surface area contributed by atoms with E-state index in [1.807, 2.05) is 0 Å². The number of nitrogens with one attached hydrogen (secondary N) is 1. The van der Waals surface area contributed by atoms with Crippen LogP contribution in [0.2, 0.25) is 0 Å². The van der Waals surface area contributed by atoms with E-state index in [1.54, 1.807) is 13.8 Å². The molecule has 0 saturated carbocycles. The summed E-state index contributed by atoms with van der Waals surface area (Å²) in [6.07, 6.45) is -0.803. The second-order valence-corrected chi connectivity index (χ2v) is 2.61. The van der Waals surface area contributed by atoms with Crippen molar-refractivity contribution in [2.24, 2.45) is 0 Å². The van der Waals surface area contributed by atoms with Crippen molar-refractivity contribution in [2.45, 2.75) is 25.5 Å². The van der Waals surface area contributed by atoms with Crippen molar-refractivity contribution in [1.29, 1.82) is 0 Å². The first-order chi connectivity index (χ1) is 3.54. The number of aliphatic hydroxyl groups is 1. The lowest BCUT2D eigenvalue weighted by Gasteiger charge is -2.40. The highest BCUT2D eigenvalue weighted by molar-refractivity contribution is 5.89. The van der Waals surface area contributed by atoms with E-state index in [9.17, 15) is 4.79 Å². The predicted octanol–water partition coefficient (Wildman–Crippen LogP) is -0.744. The minimum Gasteiger partial charge on any atom is -0.381 e. The molecule has 0 aliphatic carbocycles. The van der Waals surface area contributed by atoms with Gasteiger partial charge in [0.05, 0.1) is 5.54 Å². The molecule has 1 unspecified atom stereocenters. The average Bonchev–Trinajstić information content (AvgIpc) is 1.65. The van der Waals surface area contributed by atoms with Crippen LogP contribution in [0.3, 0.4) is 0 Å². The van der Waals surface area contributed by atoms with Crippen LogP contribution in [0.15, 0.2) is 0 Å². The van der Waals surface area contributed by atoms with Gasteiger partial charge in [0, 0.05) is 0 Å². The highest BCUT2D eigenvalue weighted by atomic mass is 16.3. The number of aliphatic hydroxyl groups excluding tert-OH is 1. The summed E-state index contributed by atoms with van der Waals surface area (Å²) in [5.74, 6) is -0.269. The normalized spacial score (nSPS) is 33.4. The molecule has 0 aromatic heterocycles. The Kier molecular flexibility index (Phi) is 0.854. The Morgan fingerprint density at radius 1 is 1.75 bits per heavy atom. The molecule has 1 heterocycles. The van der Waals surface area contributed by atoms with Crippen LogP contribution in [0.1, 0.15) is 13.8 Å². The molecule has 1 fully saturated rings. The zero-order chi connectivity index (χ0) is 6.36. The zero-order valence-corrected chi connectivity index (χ0v) is 4.93. The van der Waals surface area contributed by atoms with Gasteiger partial charge in [0.1, 0.15) is 0 Å². The van der Waals surface area contributed by atoms with Gasteiger partial charge in [-0.05, 0) is 13.8 Å². The van der Waals surface area contributed by atoms with E-state index in [2.05, 4.69) is 5.32 Å². The summed E-state index contributed by atoms with van der Waals surface area (Å²) in [7, 11) is 0. The Balaban J connectivity index is 2.60. The second-order valence-electron chi connectivity index (χ2n) is 2.61. The van der Waals surface area contributed by atoms with E-state index in [1.165, 1.54) is 0 Å².